The lowest BCUT2D eigenvalue weighted by atomic mass is 10.1. The van der Waals surface area contributed by atoms with Gasteiger partial charge in [-0.2, -0.15) is 0 Å². The quantitative estimate of drug-likeness (QED) is 0.535. The van der Waals surface area contributed by atoms with Gasteiger partial charge in [-0.1, -0.05) is 13.8 Å². The molecule has 1 saturated heterocycles. The van der Waals surface area contributed by atoms with E-state index in [1.54, 1.807) is 0 Å². The summed E-state index contributed by atoms with van der Waals surface area (Å²) in [7, 11) is 2.42. The molecule has 1 heterocycles. The molecule has 0 saturated carbocycles. The minimum Gasteiger partial charge on any atom is -1.00 e. The number of hydrogen-bond donors (Lipinski definition) is 0. The zero-order valence-electron chi connectivity index (χ0n) is 9.15. The van der Waals surface area contributed by atoms with Crippen molar-refractivity contribution in [2.45, 2.75) is 33.1 Å². The normalized spacial score (nSPS) is 20.3. The number of halogens is 1. The van der Waals surface area contributed by atoms with E-state index < -0.39 is 0 Å². The van der Waals surface area contributed by atoms with Gasteiger partial charge in [0.15, 0.2) is 0 Å². The summed E-state index contributed by atoms with van der Waals surface area (Å²) in [6.07, 6.45) is 4.36. The number of piperidine rings is 1. The first-order valence-electron chi connectivity index (χ1n) is 4.96. The molecule has 0 aromatic heterocycles. The molecule has 2 N–H and O–H groups in total. The van der Waals surface area contributed by atoms with Gasteiger partial charge in [0.1, 0.15) is 0 Å². The fraction of sp³-hybridized carbons (Fsp3) is 1.00. The number of rotatable bonds is 2. The molecule has 1 aliphatic heterocycles. The van der Waals surface area contributed by atoms with Gasteiger partial charge >= 0.3 is 0 Å². The van der Waals surface area contributed by atoms with Crippen LogP contribution in [0.2, 0.25) is 0 Å². The molecule has 0 aromatic rings. The zero-order valence-corrected chi connectivity index (χ0v) is 10.7. The molecule has 1 fully saturated rings. The number of likely N-dealkylation sites (tertiary alicyclic amines) is 1. The molecule has 3 heteroatoms. The van der Waals surface area contributed by atoms with Crippen molar-refractivity contribution in [3.05, 3.63) is 0 Å². The van der Waals surface area contributed by atoms with Crippen LogP contribution in [0.5, 0.6) is 0 Å². The van der Waals surface area contributed by atoms with Crippen molar-refractivity contribution in [2.24, 2.45) is 5.92 Å². The van der Waals surface area contributed by atoms with Crippen LogP contribution in [0.3, 0.4) is 0 Å². The zero-order chi connectivity index (χ0) is 8.32. The molecule has 0 unspecified atom stereocenters. The van der Waals surface area contributed by atoms with Gasteiger partial charge in [0.2, 0.25) is 0 Å². The maximum Gasteiger partial charge on any atom is 0.0807 e. The minimum atomic E-state index is 0. The van der Waals surface area contributed by atoms with Crippen LogP contribution in [0.15, 0.2) is 0 Å². The van der Waals surface area contributed by atoms with Crippen LogP contribution < -0.4 is 17.0 Å². The Hall–Kier alpha value is 0.400. The van der Waals surface area contributed by atoms with Gasteiger partial charge in [-0.3, -0.25) is 0 Å². The molecule has 0 atom stereocenters. The Bertz CT molecular complexity index is 122. The van der Waals surface area contributed by atoms with Crippen molar-refractivity contribution in [2.75, 3.05) is 26.7 Å². The summed E-state index contributed by atoms with van der Waals surface area (Å²) >= 11 is 0. The molecule has 0 spiro atoms. The minimum absolute atomic E-state index is 0. The van der Waals surface area contributed by atoms with Crippen LogP contribution in [0, 0.1) is 5.92 Å². The summed E-state index contributed by atoms with van der Waals surface area (Å²) in [6, 6.07) is 0. The van der Waals surface area contributed by atoms with Gasteiger partial charge in [-0.15, -0.1) is 0 Å². The summed E-state index contributed by atoms with van der Waals surface area (Å²) in [5.41, 5.74) is 0. The van der Waals surface area contributed by atoms with Crippen LogP contribution in [-0.2, 0) is 0 Å². The molecule has 82 valence electrons. The highest BCUT2D eigenvalue weighted by Gasteiger charge is 2.24. The van der Waals surface area contributed by atoms with Gasteiger partial charge in [0.25, 0.3) is 0 Å². The predicted molar refractivity (Wildman–Crippen MR) is 53.1 cm³/mol. The smallest absolute Gasteiger partial charge is 0.0807 e. The topological polar surface area (TPSA) is 31.5 Å². The van der Waals surface area contributed by atoms with E-state index in [0.29, 0.717) is 0 Å². The number of quaternary nitrogens is 1. The fourth-order valence-electron chi connectivity index (χ4n) is 2.34. The molecule has 0 aromatic carbocycles. The lowest BCUT2D eigenvalue weighted by molar-refractivity contribution is -0.916. The molecular formula is C10H24BrNO. The van der Waals surface area contributed by atoms with E-state index in [0.717, 1.165) is 5.92 Å². The summed E-state index contributed by atoms with van der Waals surface area (Å²) in [6.45, 7) is 8.87. The highest BCUT2D eigenvalue weighted by molar-refractivity contribution is 4.53. The Labute approximate surface area is 93.0 Å². The summed E-state index contributed by atoms with van der Waals surface area (Å²) in [5, 5.41) is 0. The third kappa shape index (κ3) is 5.66. The van der Waals surface area contributed by atoms with E-state index in [4.69, 9.17) is 0 Å². The Balaban J connectivity index is 0. The lowest BCUT2D eigenvalue weighted by Gasteiger charge is -2.39. The first kappa shape index (κ1) is 15.9. The van der Waals surface area contributed by atoms with E-state index in [1.807, 2.05) is 0 Å². The van der Waals surface area contributed by atoms with Gasteiger partial charge in [0.05, 0.1) is 26.7 Å². The van der Waals surface area contributed by atoms with Crippen molar-refractivity contribution < 1.29 is 26.9 Å². The third-order valence-electron chi connectivity index (χ3n) is 2.70. The summed E-state index contributed by atoms with van der Waals surface area (Å²) < 4.78 is 1.33. The van der Waals surface area contributed by atoms with E-state index in [2.05, 4.69) is 20.9 Å². The van der Waals surface area contributed by atoms with Gasteiger partial charge in [0, 0.05) is 5.92 Å². The van der Waals surface area contributed by atoms with Crippen LogP contribution in [0.25, 0.3) is 0 Å². The Morgan fingerprint density at radius 1 is 1.08 bits per heavy atom. The van der Waals surface area contributed by atoms with Gasteiger partial charge in [-0.05, 0) is 19.3 Å². The third-order valence-corrected chi connectivity index (χ3v) is 2.70. The monoisotopic (exact) mass is 253 g/mol. The van der Waals surface area contributed by atoms with E-state index in [9.17, 15) is 0 Å². The highest BCUT2D eigenvalue weighted by Crippen LogP contribution is 2.17. The van der Waals surface area contributed by atoms with E-state index >= 15 is 0 Å². The van der Waals surface area contributed by atoms with Crippen molar-refractivity contribution in [3.8, 4) is 0 Å². The molecule has 0 radical (unpaired) electrons. The molecular weight excluding hydrogens is 230 g/mol. The highest BCUT2D eigenvalue weighted by atomic mass is 79.9. The maximum atomic E-state index is 2.42. The molecule has 0 amide bonds. The van der Waals surface area contributed by atoms with Gasteiger partial charge < -0.3 is 26.9 Å². The summed E-state index contributed by atoms with van der Waals surface area (Å²) in [4.78, 5) is 0. The van der Waals surface area contributed by atoms with Crippen LogP contribution in [0.1, 0.15) is 33.1 Å². The van der Waals surface area contributed by atoms with Crippen molar-refractivity contribution in [3.63, 3.8) is 0 Å². The first-order chi connectivity index (χ1) is 5.12. The molecule has 0 aliphatic carbocycles. The standard InChI is InChI=1S/C10H22N.BrH.H2O/c1-10(2)9-11(3)7-5-4-6-8-11;;/h10H,4-9H2,1-3H3;1H;1H2/q+1;;/p-1. The summed E-state index contributed by atoms with van der Waals surface area (Å²) in [5.74, 6) is 0.859. The van der Waals surface area contributed by atoms with Gasteiger partial charge in [-0.25, -0.2) is 0 Å². The molecule has 0 bridgehead atoms. The van der Waals surface area contributed by atoms with E-state index in [1.165, 1.54) is 43.4 Å². The second kappa shape index (κ2) is 6.80. The molecule has 1 rings (SSSR count). The van der Waals surface area contributed by atoms with Crippen LogP contribution in [0.4, 0.5) is 0 Å². The number of nitrogens with zero attached hydrogens (tertiary/aromatic N) is 1. The van der Waals surface area contributed by atoms with Crippen LogP contribution >= 0.6 is 0 Å². The Kier molecular flexibility index (Phi) is 8.29. The number of hydrogen-bond acceptors (Lipinski definition) is 0. The second-order valence-electron chi connectivity index (χ2n) is 4.70. The Morgan fingerprint density at radius 2 is 1.54 bits per heavy atom. The van der Waals surface area contributed by atoms with Crippen LogP contribution in [-0.4, -0.2) is 36.6 Å². The lowest BCUT2D eigenvalue weighted by Crippen LogP contribution is -3.00. The van der Waals surface area contributed by atoms with Crippen molar-refractivity contribution in [1.29, 1.82) is 0 Å². The largest absolute Gasteiger partial charge is 1.00 e. The first-order valence-corrected chi connectivity index (χ1v) is 4.96. The SMILES string of the molecule is CC(C)C[N+]1(C)CCCCC1.O.[Br-]. The fourth-order valence-corrected chi connectivity index (χ4v) is 2.34. The predicted octanol–water partition coefficient (Wildman–Crippen LogP) is -1.55. The van der Waals surface area contributed by atoms with E-state index in [-0.39, 0.29) is 22.5 Å². The Morgan fingerprint density at radius 3 is 1.92 bits per heavy atom. The maximum absolute atomic E-state index is 2.42. The molecule has 1 aliphatic rings. The molecule has 13 heavy (non-hydrogen) atoms. The average Bonchev–Trinajstić information content (AvgIpc) is 1.85. The molecule has 2 nitrogen and oxygen atoms in total. The average molecular weight is 254 g/mol. The second-order valence-corrected chi connectivity index (χ2v) is 4.70. The van der Waals surface area contributed by atoms with Crippen molar-refractivity contribution in [1.82, 2.24) is 0 Å². The van der Waals surface area contributed by atoms with Crippen molar-refractivity contribution >= 4 is 0 Å².